The van der Waals surface area contributed by atoms with Crippen LogP contribution in [0, 0.1) is 0 Å². The Labute approximate surface area is 106 Å². The largest absolute Gasteiger partial charge is 0.356 e. The summed E-state index contributed by atoms with van der Waals surface area (Å²) < 4.78 is 0. The van der Waals surface area contributed by atoms with Crippen molar-refractivity contribution in [3.8, 4) is 0 Å². The summed E-state index contributed by atoms with van der Waals surface area (Å²) in [5, 5.41) is 7.55. The number of aliphatic imine (C=N–C) groups is 1. The van der Waals surface area contributed by atoms with Gasteiger partial charge in [-0.2, -0.15) is 0 Å². The van der Waals surface area contributed by atoms with Crippen molar-refractivity contribution >= 4 is 17.6 Å². The minimum absolute atomic E-state index is 0.528. The molecule has 1 saturated carbocycles. The van der Waals surface area contributed by atoms with Crippen LogP contribution in [0.25, 0.3) is 0 Å². The smallest absolute Gasteiger partial charge is 0.191 e. The van der Waals surface area contributed by atoms with Gasteiger partial charge in [0.1, 0.15) is 0 Å². The van der Waals surface area contributed by atoms with E-state index in [9.17, 15) is 0 Å². The molecular weight excluding hydrogens is 234 g/mol. The van der Waals surface area contributed by atoms with E-state index in [-0.39, 0.29) is 0 Å². The van der Waals surface area contributed by atoms with Crippen LogP contribution in [0.15, 0.2) is 29.3 Å². The molecule has 4 heteroatoms. The Hall–Kier alpha value is -1.22. The molecule has 1 aromatic carbocycles. The average Bonchev–Trinajstić information content (AvgIpc) is 3.11. The molecule has 0 amide bonds. The Morgan fingerprint density at radius 2 is 2.12 bits per heavy atom. The number of rotatable bonds is 2. The molecule has 3 rings (SSSR count). The number of hydrogen-bond acceptors (Lipinski definition) is 3. The molecule has 3 nitrogen and oxygen atoms in total. The third-order valence-corrected chi connectivity index (χ3v) is 3.56. The van der Waals surface area contributed by atoms with Crippen molar-refractivity contribution in [3.63, 3.8) is 0 Å². The van der Waals surface area contributed by atoms with E-state index in [0.29, 0.717) is 12.0 Å². The van der Waals surface area contributed by atoms with Gasteiger partial charge in [0, 0.05) is 30.1 Å². The molecule has 0 bridgehead atoms. The number of hydrogen-bond donors (Lipinski definition) is 2. The molecule has 0 radical (unpaired) electrons. The van der Waals surface area contributed by atoms with E-state index in [1.165, 1.54) is 12.0 Å². The first-order valence-electron chi connectivity index (χ1n) is 6.13. The minimum Gasteiger partial charge on any atom is -0.356 e. The van der Waals surface area contributed by atoms with Crippen LogP contribution >= 0.6 is 11.6 Å². The maximum Gasteiger partial charge on any atom is 0.191 e. The summed E-state index contributed by atoms with van der Waals surface area (Å²) in [6.45, 7) is 1.97. The van der Waals surface area contributed by atoms with Gasteiger partial charge in [0.15, 0.2) is 5.96 Å². The van der Waals surface area contributed by atoms with Crippen LogP contribution < -0.4 is 10.6 Å². The number of guanidine groups is 1. The summed E-state index contributed by atoms with van der Waals surface area (Å²) in [6, 6.07) is 8.68. The van der Waals surface area contributed by atoms with Crippen LogP contribution in [-0.4, -0.2) is 25.1 Å². The van der Waals surface area contributed by atoms with Crippen molar-refractivity contribution in [1.29, 1.82) is 0 Å². The highest BCUT2D eigenvalue weighted by Crippen LogP contribution is 2.40. The SMILES string of the molecule is Clc1ccc([C@@H]2C[C@H]2NC2=NCCCN2)cc1. The van der Waals surface area contributed by atoms with E-state index in [4.69, 9.17) is 11.6 Å². The second-order valence-electron chi connectivity index (χ2n) is 4.66. The van der Waals surface area contributed by atoms with Gasteiger partial charge >= 0.3 is 0 Å². The molecule has 0 spiro atoms. The van der Waals surface area contributed by atoms with Crippen LogP contribution in [0.4, 0.5) is 0 Å². The second-order valence-corrected chi connectivity index (χ2v) is 5.09. The van der Waals surface area contributed by atoms with Crippen LogP contribution in [-0.2, 0) is 0 Å². The van der Waals surface area contributed by atoms with Crippen molar-refractivity contribution in [2.45, 2.75) is 24.8 Å². The number of nitrogens with one attached hydrogen (secondary N) is 2. The van der Waals surface area contributed by atoms with Crippen LogP contribution in [0.3, 0.4) is 0 Å². The zero-order chi connectivity index (χ0) is 11.7. The van der Waals surface area contributed by atoms with E-state index >= 15 is 0 Å². The maximum absolute atomic E-state index is 5.88. The highest BCUT2D eigenvalue weighted by Gasteiger charge is 2.39. The molecule has 1 fully saturated rings. The molecule has 0 saturated heterocycles. The molecule has 2 aliphatic rings. The Bertz CT molecular complexity index is 427. The predicted octanol–water partition coefficient (Wildman–Crippen LogP) is 2.13. The summed E-state index contributed by atoms with van der Waals surface area (Å²) in [7, 11) is 0. The zero-order valence-electron chi connectivity index (χ0n) is 9.62. The summed E-state index contributed by atoms with van der Waals surface area (Å²) >= 11 is 5.88. The Kier molecular flexibility index (Phi) is 2.93. The summed E-state index contributed by atoms with van der Waals surface area (Å²) in [6.07, 6.45) is 2.32. The van der Waals surface area contributed by atoms with Gasteiger partial charge in [0.2, 0.25) is 0 Å². The van der Waals surface area contributed by atoms with Crippen molar-refractivity contribution < 1.29 is 0 Å². The first kappa shape index (κ1) is 10.9. The summed E-state index contributed by atoms with van der Waals surface area (Å²) in [5.74, 6) is 1.58. The molecule has 2 N–H and O–H groups in total. The molecule has 1 aliphatic heterocycles. The third-order valence-electron chi connectivity index (χ3n) is 3.31. The van der Waals surface area contributed by atoms with E-state index in [0.717, 1.165) is 30.5 Å². The van der Waals surface area contributed by atoms with E-state index in [2.05, 4.69) is 27.8 Å². The maximum atomic E-state index is 5.88. The standard InChI is InChI=1S/C13H16ClN3/c14-10-4-2-9(3-5-10)11-8-12(11)17-13-15-6-1-7-16-13/h2-5,11-12H,1,6-8H2,(H2,15,16,17)/t11-,12+/m0/s1. The molecule has 0 unspecified atom stereocenters. The fourth-order valence-corrected chi connectivity index (χ4v) is 2.36. The van der Waals surface area contributed by atoms with Crippen molar-refractivity contribution in [2.75, 3.05) is 13.1 Å². The van der Waals surface area contributed by atoms with Gasteiger partial charge in [-0.25, -0.2) is 0 Å². The van der Waals surface area contributed by atoms with Crippen molar-refractivity contribution in [3.05, 3.63) is 34.9 Å². The number of halogens is 1. The molecular formula is C13H16ClN3. The molecule has 90 valence electrons. The van der Waals surface area contributed by atoms with Crippen LogP contribution in [0.1, 0.15) is 24.3 Å². The lowest BCUT2D eigenvalue weighted by atomic mass is 10.1. The highest BCUT2D eigenvalue weighted by atomic mass is 35.5. The molecule has 2 atom stereocenters. The van der Waals surface area contributed by atoms with Crippen molar-refractivity contribution in [2.24, 2.45) is 4.99 Å². The van der Waals surface area contributed by atoms with Gasteiger partial charge in [-0.1, -0.05) is 23.7 Å². The van der Waals surface area contributed by atoms with E-state index in [1.54, 1.807) is 0 Å². The molecule has 1 aromatic rings. The third kappa shape index (κ3) is 2.55. The molecule has 1 heterocycles. The number of nitrogens with zero attached hydrogens (tertiary/aromatic N) is 1. The highest BCUT2D eigenvalue weighted by molar-refractivity contribution is 6.30. The first-order valence-corrected chi connectivity index (χ1v) is 6.51. The van der Waals surface area contributed by atoms with E-state index < -0.39 is 0 Å². The van der Waals surface area contributed by atoms with Gasteiger partial charge in [-0.05, 0) is 30.5 Å². The van der Waals surface area contributed by atoms with Gasteiger partial charge in [-0.15, -0.1) is 0 Å². The second kappa shape index (κ2) is 4.57. The normalized spacial score (nSPS) is 27.0. The molecule has 17 heavy (non-hydrogen) atoms. The zero-order valence-corrected chi connectivity index (χ0v) is 10.4. The lowest BCUT2D eigenvalue weighted by Gasteiger charge is -2.16. The molecule has 0 aromatic heterocycles. The van der Waals surface area contributed by atoms with Crippen LogP contribution in [0.2, 0.25) is 5.02 Å². The average molecular weight is 250 g/mol. The monoisotopic (exact) mass is 249 g/mol. The lowest BCUT2D eigenvalue weighted by molar-refractivity contribution is 0.696. The lowest BCUT2D eigenvalue weighted by Crippen LogP contribution is -2.42. The predicted molar refractivity (Wildman–Crippen MR) is 70.7 cm³/mol. The Balaban J connectivity index is 1.59. The number of benzene rings is 1. The van der Waals surface area contributed by atoms with Gasteiger partial charge in [0.05, 0.1) is 0 Å². The minimum atomic E-state index is 0.528. The quantitative estimate of drug-likeness (QED) is 0.843. The summed E-state index contributed by atoms with van der Waals surface area (Å²) in [5.41, 5.74) is 1.36. The van der Waals surface area contributed by atoms with Gasteiger partial charge < -0.3 is 10.6 Å². The topological polar surface area (TPSA) is 36.4 Å². The van der Waals surface area contributed by atoms with Gasteiger partial charge in [-0.3, -0.25) is 4.99 Å². The first-order chi connectivity index (χ1) is 8.33. The summed E-state index contributed by atoms with van der Waals surface area (Å²) in [4.78, 5) is 4.43. The Morgan fingerprint density at radius 3 is 2.82 bits per heavy atom. The fraction of sp³-hybridized carbons (Fsp3) is 0.462. The van der Waals surface area contributed by atoms with Crippen molar-refractivity contribution in [1.82, 2.24) is 10.6 Å². The Morgan fingerprint density at radius 1 is 1.29 bits per heavy atom. The fourth-order valence-electron chi connectivity index (χ4n) is 2.24. The van der Waals surface area contributed by atoms with E-state index in [1.807, 2.05) is 12.1 Å². The van der Waals surface area contributed by atoms with Crippen LogP contribution in [0.5, 0.6) is 0 Å². The molecule has 1 aliphatic carbocycles. The van der Waals surface area contributed by atoms with Gasteiger partial charge in [0.25, 0.3) is 0 Å².